The molecular weight excluding hydrogens is 631 g/mol. The smallest absolute Gasteiger partial charge is 0.225 e. The summed E-state index contributed by atoms with van der Waals surface area (Å²) < 4.78 is -5.32. The molecule has 178 valence electrons. The van der Waals surface area contributed by atoms with Crippen LogP contribution in [0.1, 0.15) is 17.5 Å². The lowest BCUT2D eigenvalue weighted by Gasteiger charge is -2.16. The van der Waals surface area contributed by atoms with E-state index in [2.05, 4.69) is 29.9 Å². The van der Waals surface area contributed by atoms with Gasteiger partial charge >= 0.3 is 0 Å². The van der Waals surface area contributed by atoms with E-state index in [1.807, 2.05) is 42.5 Å². The average Bonchev–Trinajstić information content (AvgIpc) is 2.78. The van der Waals surface area contributed by atoms with Crippen LogP contribution in [0.15, 0.2) is 55.1 Å². The maximum Gasteiger partial charge on any atom is 0.250 e. The van der Waals surface area contributed by atoms with Gasteiger partial charge in [0, 0.05) is 5.56 Å². The van der Waals surface area contributed by atoms with Crippen LogP contribution in [0.3, 0.4) is 0 Å². The molecule has 2 aromatic carbocycles. The van der Waals surface area contributed by atoms with E-state index < -0.39 is 11.4 Å². The normalized spacial score (nSPS) is 12.3. The zero-order valence-electron chi connectivity index (χ0n) is 16.3. The zero-order chi connectivity index (χ0) is 25.1. The van der Waals surface area contributed by atoms with Crippen molar-refractivity contribution in [2.75, 3.05) is 0 Å². The molecule has 0 saturated heterocycles. The Morgan fingerprint density at radius 1 is 0.529 bits per heavy atom. The second kappa shape index (κ2) is 11.2. The van der Waals surface area contributed by atoms with Crippen LogP contribution in [-0.4, -0.2) is 29.9 Å². The first kappa shape index (κ1) is 27.9. The molecule has 0 spiro atoms. The van der Waals surface area contributed by atoms with E-state index in [1.165, 1.54) is 12.7 Å². The Balaban J connectivity index is 0.000000271. The van der Waals surface area contributed by atoms with E-state index in [9.17, 15) is 0 Å². The molecule has 0 fully saturated rings. The monoisotopic (exact) mass is 636 g/mol. The number of hydrogen-bond acceptors (Lipinski definition) is 6. The van der Waals surface area contributed by atoms with Crippen LogP contribution < -0.4 is 0 Å². The molecule has 0 N–H and O–H groups in total. The lowest BCUT2D eigenvalue weighted by molar-refractivity contribution is 0.852. The standard InChI is InChI=1S/C15H7Cl6N3.C4H2Cl3N3/c16-14(17,18)12-22-11(23-13(24-12)15(19,20)21)10-7-3-5-8-4-1-2-6-9(8)10;5-4(6,7)3-9-1-8-2-10-3/h1-7H;1-2H. The van der Waals surface area contributed by atoms with E-state index in [0.29, 0.717) is 5.56 Å². The molecule has 6 nitrogen and oxygen atoms in total. The van der Waals surface area contributed by atoms with Crippen LogP contribution in [0.4, 0.5) is 0 Å². The Hall–Kier alpha value is -0.670. The third-order valence-electron chi connectivity index (χ3n) is 3.92. The number of fused-ring (bicyclic) bond motifs is 1. The summed E-state index contributed by atoms with van der Waals surface area (Å²) in [5.74, 6) is 0.149. The average molecular weight is 640 g/mol. The summed E-state index contributed by atoms with van der Waals surface area (Å²) in [4.78, 5) is 23.3. The SMILES string of the molecule is ClC(Cl)(Cl)c1nc(-c2cccc3ccccc23)nc(C(Cl)(Cl)Cl)n1.ClC(Cl)(Cl)c1ncncn1. The topological polar surface area (TPSA) is 77.3 Å². The van der Waals surface area contributed by atoms with Gasteiger partial charge in [0.05, 0.1) is 0 Å². The second-order valence-corrected chi connectivity index (χ2v) is 13.1. The highest BCUT2D eigenvalue weighted by Gasteiger charge is 2.34. The molecule has 0 bridgehead atoms. The van der Waals surface area contributed by atoms with Crippen molar-refractivity contribution in [3.05, 3.63) is 72.6 Å². The van der Waals surface area contributed by atoms with E-state index in [4.69, 9.17) is 104 Å². The first-order valence-electron chi connectivity index (χ1n) is 8.84. The fourth-order valence-electron chi connectivity index (χ4n) is 2.56. The molecule has 34 heavy (non-hydrogen) atoms. The molecular formula is C19H9Cl9N6. The van der Waals surface area contributed by atoms with E-state index in [1.54, 1.807) is 0 Å². The van der Waals surface area contributed by atoms with Gasteiger partial charge in [0.2, 0.25) is 11.4 Å². The van der Waals surface area contributed by atoms with Crippen molar-refractivity contribution in [2.24, 2.45) is 0 Å². The van der Waals surface area contributed by atoms with Gasteiger partial charge in [0.25, 0.3) is 0 Å². The van der Waals surface area contributed by atoms with Crippen molar-refractivity contribution < 1.29 is 0 Å². The second-order valence-electron chi connectivity index (χ2n) is 6.29. The molecule has 0 amide bonds. The van der Waals surface area contributed by atoms with Gasteiger partial charge in [-0.1, -0.05) is 147 Å². The van der Waals surface area contributed by atoms with Gasteiger partial charge < -0.3 is 0 Å². The quantitative estimate of drug-likeness (QED) is 0.196. The number of nitrogens with zero attached hydrogens (tertiary/aromatic N) is 6. The van der Waals surface area contributed by atoms with Crippen LogP contribution in [0.25, 0.3) is 22.2 Å². The Morgan fingerprint density at radius 3 is 1.53 bits per heavy atom. The predicted molar refractivity (Wildman–Crippen MR) is 140 cm³/mol. The highest BCUT2D eigenvalue weighted by Crippen LogP contribution is 2.41. The molecule has 15 heteroatoms. The Labute approximate surface area is 238 Å². The minimum atomic E-state index is -1.88. The van der Waals surface area contributed by atoms with Crippen LogP contribution in [0.2, 0.25) is 0 Å². The summed E-state index contributed by atoms with van der Waals surface area (Å²) in [6, 6.07) is 13.4. The third kappa shape index (κ3) is 7.42. The van der Waals surface area contributed by atoms with Crippen LogP contribution >= 0.6 is 104 Å². The van der Waals surface area contributed by atoms with Crippen molar-refractivity contribution in [2.45, 2.75) is 11.4 Å². The molecule has 2 heterocycles. The number of halogens is 9. The Kier molecular flexibility index (Phi) is 9.16. The summed E-state index contributed by atoms with van der Waals surface area (Å²) in [6.07, 6.45) is 2.54. The first-order valence-corrected chi connectivity index (χ1v) is 12.2. The number of aromatic nitrogens is 6. The number of benzene rings is 2. The van der Waals surface area contributed by atoms with Gasteiger partial charge in [-0.15, -0.1) is 0 Å². The lowest BCUT2D eigenvalue weighted by Crippen LogP contribution is -2.16. The van der Waals surface area contributed by atoms with Gasteiger partial charge in [0.15, 0.2) is 23.3 Å². The number of alkyl halides is 9. The minimum absolute atomic E-state index is 0.119. The summed E-state index contributed by atoms with van der Waals surface area (Å²) in [6.45, 7) is 0. The first-order chi connectivity index (χ1) is 15.8. The van der Waals surface area contributed by atoms with Gasteiger partial charge in [-0.3, -0.25) is 0 Å². The van der Waals surface area contributed by atoms with Crippen LogP contribution in [-0.2, 0) is 11.4 Å². The summed E-state index contributed by atoms with van der Waals surface area (Å²) in [7, 11) is 0. The van der Waals surface area contributed by atoms with Crippen molar-refractivity contribution in [1.29, 1.82) is 0 Å². The Morgan fingerprint density at radius 2 is 1.03 bits per heavy atom. The van der Waals surface area contributed by atoms with Gasteiger partial charge in [-0.25, -0.2) is 29.9 Å². The molecule has 0 unspecified atom stereocenters. The molecule has 2 aromatic heterocycles. The predicted octanol–water partition coefficient (Wildman–Crippen LogP) is 8.04. The number of rotatable bonds is 1. The fourth-order valence-corrected chi connectivity index (χ4v) is 3.36. The highest BCUT2D eigenvalue weighted by molar-refractivity contribution is 6.67. The molecule has 0 aliphatic rings. The molecule has 0 radical (unpaired) electrons. The zero-order valence-corrected chi connectivity index (χ0v) is 23.1. The number of hydrogen-bond donors (Lipinski definition) is 0. The van der Waals surface area contributed by atoms with Crippen LogP contribution in [0.5, 0.6) is 0 Å². The molecule has 4 aromatic rings. The largest absolute Gasteiger partial charge is 0.250 e. The van der Waals surface area contributed by atoms with E-state index in [-0.39, 0.29) is 23.3 Å². The van der Waals surface area contributed by atoms with Gasteiger partial charge in [-0.05, 0) is 10.8 Å². The van der Waals surface area contributed by atoms with Crippen LogP contribution in [0, 0.1) is 0 Å². The van der Waals surface area contributed by atoms with Gasteiger partial charge in [-0.2, -0.15) is 0 Å². The fraction of sp³-hybridized carbons (Fsp3) is 0.158. The van der Waals surface area contributed by atoms with Crippen molar-refractivity contribution >= 4 is 115 Å². The Bertz CT molecular complexity index is 1230. The molecule has 0 saturated carbocycles. The van der Waals surface area contributed by atoms with Crippen molar-refractivity contribution in [3.63, 3.8) is 0 Å². The highest BCUT2D eigenvalue weighted by atomic mass is 35.6. The lowest BCUT2D eigenvalue weighted by atomic mass is 10.0. The van der Waals surface area contributed by atoms with Crippen molar-refractivity contribution in [3.8, 4) is 11.4 Å². The summed E-state index contributed by atoms with van der Waals surface area (Å²) >= 11 is 51.8. The van der Waals surface area contributed by atoms with E-state index in [0.717, 1.165) is 10.8 Å². The van der Waals surface area contributed by atoms with Crippen molar-refractivity contribution in [1.82, 2.24) is 29.9 Å². The molecule has 0 atom stereocenters. The molecule has 4 rings (SSSR count). The van der Waals surface area contributed by atoms with E-state index >= 15 is 0 Å². The maximum absolute atomic E-state index is 5.91. The molecule has 0 aliphatic heterocycles. The van der Waals surface area contributed by atoms with Gasteiger partial charge in [0.1, 0.15) is 12.7 Å². The summed E-state index contributed by atoms with van der Waals surface area (Å²) in [5.41, 5.74) is 0.710. The maximum atomic E-state index is 5.91. The summed E-state index contributed by atoms with van der Waals surface area (Å²) in [5, 5.41) is 1.91. The molecule has 0 aliphatic carbocycles. The minimum Gasteiger partial charge on any atom is -0.225 e. The third-order valence-corrected chi connectivity index (χ3v) is 5.44.